The van der Waals surface area contributed by atoms with E-state index in [0.717, 1.165) is 11.9 Å². The molecule has 2 heterocycles. The van der Waals surface area contributed by atoms with E-state index in [1.165, 1.54) is 0 Å². The Morgan fingerprint density at radius 3 is 2.74 bits per heavy atom. The molecule has 3 rings (SSSR count). The predicted octanol–water partition coefficient (Wildman–Crippen LogP) is 3.47. The number of imidazole rings is 1. The first kappa shape index (κ1) is 16.2. The number of nitrogens with zero attached hydrogens (tertiary/aromatic N) is 3. The fourth-order valence-corrected chi connectivity index (χ4v) is 3.17. The van der Waals surface area contributed by atoms with Crippen molar-refractivity contribution >= 4 is 34.7 Å². The molecule has 3 unspecified atom stereocenters. The largest absolute Gasteiger partial charge is 0.353 e. The number of hydrogen-bond donors (Lipinski definition) is 3. The van der Waals surface area contributed by atoms with Crippen molar-refractivity contribution in [3.05, 3.63) is 6.20 Å². The predicted molar refractivity (Wildman–Crippen MR) is 90.9 cm³/mol. The Morgan fingerprint density at radius 2 is 2.04 bits per heavy atom. The molecule has 0 amide bonds. The van der Waals surface area contributed by atoms with Crippen LogP contribution >= 0.6 is 11.6 Å². The van der Waals surface area contributed by atoms with Gasteiger partial charge in [0.2, 0.25) is 11.9 Å². The average Bonchev–Trinajstić information content (AvgIpc) is 2.76. The third kappa shape index (κ3) is 4.22. The molecule has 0 saturated heterocycles. The first-order chi connectivity index (χ1) is 10.8. The molecule has 2 aromatic rings. The minimum absolute atomic E-state index is 0.0260. The van der Waals surface area contributed by atoms with Crippen molar-refractivity contribution in [2.45, 2.75) is 63.2 Å². The van der Waals surface area contributed by atoms with Gasteiger partial charge in [0, 0.05) is 17.0 Å². The number of fused-ring (bicyclic) bond motifs is 1. The summed E-state index contributed by atoms with van der Waals surface area (Å²) in [5.74, 6) is 1.11. The van der Waals surface area contributed by atoms with Gasteiger partial charge in [-0.05, 0) is 40.0 Å². The van der Waals surface area contributed by atoms with Crippen molar-refractivity contribution in [2.75, 3.05) is 10.6 Å². The monoisotopic (exact) mass is 340 g/mol. The van der Waals surface area contributed by atoms with E-state index in [4.69, 9.17) is 11.6 Å². The maximum absolute atomic E-state index is 13.6. The van der Waals surface area contributed by atoms with Crippen LogP contribution in [-0.4, -0.2) is 43.1 Å². The lowest BCUT2D eigenvalue weighted by Gasteiger charge is -2.28. The fraction of sp³-hybridized carbons (Fsp3) is 0.667. The average molecular weight is 341 g/mol. The number of aromatic nitrogens is 4. The second-order valence-electron chi connectivity index (χ2n) is 7.13. The highest BCUT2D eigenvalue weighted by Gasteiger charge is 2.28. The second-order valence-corrected chi connectivity index (χ2v) is 7.75. The SMILES string of the molecule is CC(C)(C)Nc1ncc2[nH]c(NC3CC(F)CC(Cl)C3)nc2n1. The Bertz CT molecular complexity index is 672. The lowest BCUT2D eigenvalue weighted by molar-refractivity contribution is 0.242. The van der Waals surface area contributed by atoms with Gasteiger partial charge in [0.1, 0.15) is 11.7 Å². The van der Waals surface area contributed by atoms with E-state index < -0.39 is 6.17 Å². The van der Waals surface area contributed by atoms with Crippen molar-refractivity contribution in [1.29, 1.82) is 0 Å². The Morgan fingerprint density at radius 1 is 1.26 bits per heavy atom. The summed E-state index contributed by atoms with van der Waals surface area (Å²) in [7, 11) is 0. The van der Waals surface area contributed by atoms with Crippen molar-refractivity contribution in [2.24, 2.45) is 0 Å². The van der Waals surface area contributed by atoms with Gasteiger partial charge in [0.05, 0.1) is 6.20 Å². The van der Waals surface area contributed by atoms with Gasteiger partial charge in [-0.15, -0.1) is 11.6 Å². The highest BCUT2D eigenvalue weighted by molar-refractivity contribution is 6.20. The number of rotatable bonds is 3. The molecule has 1 fully saturated rings. The van der Waals surface area contributed by atoms with Crippen LogP contribution < -0.4 is 10.6 Å². The zero-order valence-corrected chi connectivity index (χ0v) is 14.3. The number of nitrogens with one attached hydrogen (secondary N) is 3. The van der Waals surface area contributed by atoms with Gasteiger partial charge in [-0.2, -0.15) is 9.97 Å². The third-order valence-corrected chi connectivity index (χ3v) is 4.02. The molecule has 1 aliphatic carbocycles. The van der Waals surface area contributed by atoms with Gasteiger partial charge in [-0.25, -0.2) is 9.37 Å². The summed E-state index contributed by atoms with van der Waals surface area (Å²) in [6.45, 7) is 6.12. The number of halogens is 2. The van der Waals surface area contributed by atoms with Crippen LogP contribution in [0.25, 0.3) is 11.2 Å². The first-order valence-electron chi connectivity index (χ1n) is 7.84. The number of anilines is 2. The summed E-state index contributed by atoms with van der Waals surface area (Å²) in [5, 5.41) is 6.30. The Balaban J connectivity index is 1.75. The molecule has 1 saturated carbocycles. The van der Waals surface area contributed by atoms with Crippen LogP contribution in [0.5, 0.6) is 0 Å². The van der Waals surface area contributed by atoms with Gasteiger partial charge in [0.25, 0.3) is 0 Å². The summed E-state index contributed by atoms with van der Waals surface area (Å²) < 4.78 is 13.6. The normalized spacial score (nSPS) is 25.5. The van der Waals surface area contributed by atoms with Crippen molar-refractivity contribution in [3.63, 3.8) is 0 Å². The molecule has 3 N–H and O–H groups in total. The quantitative estimate of drug-likeness (QED) is 0.746. The summed E-state index contributed by atoms with van der Waals surface area (Å²) in [6, 6.07) is -0.0260. The molecule has 6 nitrogen and oxygen atoms in total. The van der Waals surface area contributed by atoms with Gasteiger partial charge in [0.15, 0.2) is 5.65 Å². The minimum atomic E-state index is -0.865. The molecule has 3 atom stereocenters. The lowest BCUT2D eigenvalue weighted by atomic mass is 9.93. The number of aromatic amines is 1. The molecular formula is C15H22ClFN6. The Hall–Kier alpha value is -1.63. The van der Waals surface area contributed by atoms with E-state index in [1.807, 2.05) is 20.8 Å². The zero-order valence-electron chi connectivity index (χ0n) is 13.5. The molecular weight excluding hydrogens is 319 g/mol. The summed E-state index contributed by atoms with van der Waals surface area (Å²) in [5.41, 5.74) is 1.19. The lowest BCUT2D eigenvalue weighted by Crippen LogP contribution is -2.33. The van der Waals surface area contributed by atoms with Crippen LogP contribution in [0.3, 0.4) is 0 Å². The smallest absolute Gasteiger partial charge is 0.225 e. The molecule has 126 valence electrons. The summed E-state index contributed by atoms with van der Waals surface area (Å²) >= 11 is 6.09. The third-order valence-electron chi connectivity index (χ3n) is 3.66. The van der Waals surface area contributed by atoms with Gasteiger partial charge in [-0.1, -0.05) is 0 Å². The Labute approximate surface area is 139 Å². The molecule has 8 heteroatoms. The number of hydrogen-bond acceptors (Lipinski definition) is 5. The van der Waals surface area contributed by atoms with Gasteiger partial charge in [-0.3, -0.25) is 0 Å². The van der Waals surface area contributed by atoms with Crippen LogP contribution in [0.2, 0.25) is 0 Å². The van der Waals surface area contributed by atoms with Crippen LogP contribution in [0, 0.1) is 0 Å². The van der Waals surface area contributed by atoms with Crippen molar-refractivity contribution < 1.29 is 4.39 Å². The molecule has 0 bridgehead atoms. The number of alkyl halides is 2. The highest BCUT2D eigenvalue weighted by atomic mass is 35.5. The summed E-state index contributed by atoms with van der Waals surface area (Å²) in [4.78, 5) is 16.2. The van der Waals surface area contributed by atoms with E-state index in [1.54, 1.807) is 6.20 Å². The van der Waals surface area contributed by atoms with E-state index in [-0.39, 0.29) is 17.0 Å². The highest BCUT2D eigenvalue weighted by Crippen LogP contribution is 2.27. The second kappa shape index (κ2) is 6.11. The van der Waals surface area contributed by atoms with E-state index in [2.05, 4.69) is 30.6 Å². The van der Waals surface area contributed by atoms with E-state index in [0.29, 0.717) is 30.4 Å². The maximum atomic E-state index is 13.6. The molecule has 1 aliphatic rings. The topological polar surface area (TPSA) is 78.5 Å². The minimum Gasteiger partial charge on any atom is -0.353 e. The molecule has 0 aromatic carbocycles. The van der Waals surface area contributed by atoms with E-state index in [9.17, 15) is 4.39 Å². The van der Waals surface area contributed by atoms with Crippen molar-refractivity contribution in [3.8, 4) is 0 Å². The maximum Gasteiger partial charge on any atom is 0.225 e. The summed E-state index contributed by atoms with van der Waals surface area (Å²) in [6.07, 6.45) is 2.42. The van der Waals surface area contributed by atoms with Crippen LogP contribution in [-0.2, 0) is 0 Å². The molecule has 23 heavy (non-hydrogen) atoms. The van der Waals surface area contributed by atoms with Crippen molar-refractivity contribution in [1.82, 2.24) is 19.9 Å². The van der Waals surface area contributed by atoms with Crippen LogP contribution in [0.4, 0.5) is 16.3 Å². The molecule has 2 aromatic heterocycles. The van der Waals surface area contributed by atoms with E-state index >= 15 is 0 Å². The van der Waals surface area contributed by atoms with Gasteiger partial charge >= 0.3 is 0 Å². The number of H-pyrrole nitrogens is 1. The zero-order chi connectivity index (χ0) is 16.6. The first-order valence-corrected chi connectivity index (χ1v) is 8.28. The molecule has 0 spiro atoms. The fourth-order valence-electron chi connectivity index (χ4n) is 2.77. The van der Waals surface area contributed by atoms with Gasteiger partial charge < -0.3 is 15.6 Å². The molecule has 0 aliphatic heterocycles. The Kier molecular flexibility index (Phi) is 4.31. The van der Waals surface area contributed by atoms with Crippen LogP contribution in [0.15, 0.2) is 6.20 Å². The molecule has 0 radical (unpaired) electrons. The standard InChI is InChI=1S/C15H22ClFN6/c1-15(2,3)23-13-18-7-11-12(21-13)22-14(20-11)19-10-5-8(16)4-9(17)6-10/h7-10H,4-6H2,1-3H3,(H3,18,19,20,21,22,23). The van der Waals surface area contributed by atoms with Crippen LogP contribution in [0.1, 0.15) is 40.0 Å².